The summed E-state index contributed by atoms with van der Waals surface area (Å²) in [6.07, 6.45) is 0.953. The summed E-state index contributed by atoms with van der Waals surface area (Å²) in [5, 5.41) is 2.81. The lowest BCUT2D eigenvalue weighted by Gasteiger charge is -2.12. The van der Waals surface area contributed by atoms with Gasteiger partial charge >= 0.3 is 0 Å². The van der Waals surface area contributed by atoms with Crippen molar-refractivity contribution in [2.45, 2.75) is 30.6 Å². The van der Waals surface area contributed by atoms with E-state index in [0.29, 0.717) is 31.7 Å². The van der Waals surface area contributed by atoms with Crippen molar-refractivity contribution in [2.24, 2.45) is 0 Å². The van der Waals surface area contributed by atoms with Crippen LogP contribution in [0.1, 0.15) is 31.2 Å². The van der Waals surface area contributed by atoms with Crippen LogP contribution in [-0.4, -0.2) is 34.6 Å². The van der Waals surface area contributed by atoms with Crippen LogP contribution in [0, 0.1) is 0 Å². The van der Waals surface area contributed by atoms with E-state index in [9.17, 15) is 13.2 Å². The fraction of sp³-hybridized carbons (Fsp3) is 0.350. The van der Waals surface area contributed by atoms with Crippen molar-refractivity contribution in [1.29, 1.82) is 0 Å². The minimum atomic E-state index is -3.56. The molecule has 0 aliphatic rings. The molecule has 27 heavy (non-hydrogen) atoms. The summed E-state index contributed by atoms with van der Waals surface area (Å²) in [7, 11) is -1.99. The number of ether oxygens (including phenoxy) is 1. The van der Waals surface area contributed by atoms with Gasteiger partial charge in [0.1, 0.15) is 0 Å². The molecule has 0 aromatic heterocycles. The van der Waals surface area contributed by atoms with Gasteiger partial charge in [-0.25, -0.2) is 13.1 Å². The van der Waals surface area contributed by atoms with Crippen molar-refractivity contribution in [3.05, 3.63) is 60.2 Å². The highest BCUT2D eigenvalue weighted by atomic mass is 32.2. The Kier molecular flexibility index (Phi) is 7.97. The molecule has 0 spiro atoms. The molecule has 7 heteroatoms. The van der Waals surface area contributed by atoms with Crippen LogP contribution < -0.4 is 10.0 Å². The molecule has 2 rings (SSSR count). The van der Waals surface area contributed by atoms with Crippen molar-refractivity contribution < 1.29 is 17.9 Å². The van der Waals surface area contributed by atoms with E-state index in [1.807, 2.05) is 37.3 Å². The van der Waals surface area contributed by atoms with Gasteiger partial charge in [-0.05, 0) is 42.2 Å². The molecule has 2 N–H and O–H groups in total. The van der Waals surface area contributed by atoms with E-state index in [1.165, 1.54) is 12.1 Å². The van der Waals surface area contributed by atoms with Crippen LogP contribution in [0.4, 0.5) is 5.69 Å². The average molecular weight is 391 g/mol. The summed E-state index contributed by atoms with van der Waals surface area (Å²) in [5.41, 5.74) is 1.67. The lowest BCUT2D eigenvalue weighted by molar-refractivity contribution is -0.116. The largest absolute Gasteiger partial charge is 0.385 e. The zero-order valence-corrected chi connectivity index (χ0v) is 16.5. The second-order valence-electron chi connectivity index (χ2n) is 6.33. The molecule has 6 nitrogen and oxygen atoms in total. The highest BCUT2D eigenvalue weighted by molar-refractivity contribution is 7.89. The lowest BCUT2D eigenvalue weighted by Crippen LogP contribution is -2.25. The normalized spacial score (nSPS) is 12.5. The van der Waals surface area contributed by atoms with Crippen LogP contribution in [-0.2, 0) is 19.6 Å². The summed E-state index contributed by atoms with van der Waals surface area (Å²) < 4.78 is 31.8. The Balaban J connectivity index is 1.90. The molecule has 0 heterocycles. The first-order valence-electron chi connectivity index (χ1n) is 8.86. The van der Waals surface area contributed by atoms with Crippen LogP contribution in [0.3, 0.4) is 0 Å². The topological polar surface area (TPSA) is 84.5 Å². The Morgan fingerprint density at radius 1 is 1.07 bits per heavy atom. The predicted molar refractivity (Wildman–Crippen MR) is 106 cm³/mol. The van der Waals surface area contributed by atoms with Gasteiger partial charge in [0.15, 0.2) is 0 Å². The predicted octanol–water partition coefficient (Wildman–Crippen LogP) is 3.13. The van der Waals surface area contributed by atoms with E-state index >= 15 is 0 Å². The van der Waals surface area contributed by atoms with Crippen LogP contribution in [0.2, 0.25) is 0 Å². The lowest BCUT2D eigenvalue weighted by atomic mass is 9.97. The molecule has 0 bridgehead atoms. The smallest absolute Gasteiger partial charge is 0.240 e. The van der Waals surface area contributed by atoms with E-state index in [0.717, 1.165) is 5.56 Å². The number of hydrogen-bond donors (Lipinski definition) is 2. The molecule has 1 unspecified atom stereocenters. The number of amides is 1. The SMILES string of the molecule is COCCCNS(=O)(=O)c1ccc(NC(=O)CC(C)c2ccccc2)cc1. The molecule has 0 saturated carbocycles. The first-order valence-corrected chi connectivity index (χ1v) is 10.3. The van der Waals surface area contributed by atoms with E-state index < -0.39 is 10.0 Å². The van der Waals surface area contributed by atoms with Gasteiger partial charge < -0.3 is 10.1 Å². The molecule has 1 amide bonds. The fourth-order valence-electron chi connectivity index (χ4n) is 2.61. The molecular weight excluding hydrogens is 364 g/mol. The fourth-order valence-corrected chi connectivity index (χ4v) is 3.69. The number of nitrogens with one attached hydrogen (secondary N) is 2. The monoisotopic (exact) mass is 390 g/mol. The molecular formula is C20H26N2O4S. The zero-order chi connectivity index (χ0) is 19.7. The summed E-state index contributed by atoms with van der Waals surface area (Å²) in [4.78, 5) is 12.4. The van der Waals surface area contributed by atoms with Crippen LogP contribution >= 0.6 is 0 Å². The zero-order valence-electron chi connectivity index (χ0n) is 15.6. The molecule has 146 valence electrons. The van der Waals surface area contributed by atoms with Crippen molar-refractivity contribution in [3.63, 3.8) is 0 Å². The minimum absolute atomic E-state index is 0.0992. The Labute approximate surface area is 161 Å². The number of anilines is 1. The van der Waals surface area contributed by atoms with Crippen LogP contribution in [0.15, 0.2) is 59.5 Å². The van der Waals surface area contributed by atoms with Crippen molar-refractivity contribution in [2.75, 3.05) is 25.6 Å². The summed E-state index contributed by atoms with van der Waals surface area (Å²) in [6.45, 7) is 2.81. The molecule has 0 aliphatic carbocycles. The van der Waals surface area contributed by atoms with Gasteiger partial charge in [-0.2, -0.15) is 0 Å². The summed E-state index contributed by atoms with van der Waals surface area (Å²) in [5.74, 6) is -0.0122. The van der Waals surface area contributed by atoms with Crippen molar-refractivity contribution in [1.82, 2.24) is 4.72 Å². The number of benzene rings is 2. The molecule has 1 atom stereocenters. The Hall–Kier alpha value is -2.22. The summed E-state index contributed by atoms with van der Waals surface area (Å²) in [6, 6.07) is 16.0. The maximum absolute atomic E-state index is 12.2. The second kappa shape index (κ2) is 10.2. The number of carbonyl (C=O) groups excluding carboxylic acids is 1. The third kappa shape index (κ3) is 6.78. The van der Waals surface area contributed by atoms with Gasteiger partial charge in [-0.3, -0.25) is 4.79 Å². The molecule has 0 aliphatic heterocycles. The van der Waals surface area contributed by atoms with Crippen molar-refractivity contribution in [3.8, 4) is 0 Å². The third-order valence-electron chi connectivity index (χ3n) is 4.13. The number of methoxy groups -OCH3 is 1. The van der Waals surface area contributed by atoms with Crippen LogP contribution in [0.25, 0.3) is 0 Å². The minimum Gasteiger partial charge on any atom is -0.385 e. The molecule has 2 aromatic carbocycles. The van der Waals surface area contributed by atoms with Gasteiger partial charge in [0, 0.05) is 32.4 Å². The number of carbonyl (C=O) groups is 1. The average Bonchev–Trinajstić information content (AvgIpc) is 2.66. The van der Waals surface area contributed by atoms with Crippen molar-refractivity contribution >= 4 is 21.6 Å². The van der Waals surface area contributed by atoms with Gasteiger partial charge in [0.2, 0.25) is 15.9 Å². The molecule has 0 radical (unpaired) electrons. The van der Waals surface area contributed by atoms with E-state index in [4.69, 9.17) is 4.74 Å². The maximum Gasteiger partial charge on any atom is 0.240 e. The molecule has 0 fully saturated rings. The third-order valence-corrected chi connectivity index (χ3v) is 5.60. The van der Waals surface area contributed by atoms with Gasteiger partial charge in [0.25, 0.3) is 0 Å². The first-order chi connectivity index (χ1) is 12.9. The van der Waals surface area contributed by atoms with E-state index in [2.05, 4.69) is 10.0 Å². The van der Waals surface area contributed by atoms with Gasteiger partial charge in [-0.1, -0.05) is 37.3 Å². The highest BCUT2D eigenvalue weighted by Gasteiger charge is 2.14. The van der Waals surface area contributed by atoms with Gasteiger partial charge in [0.05, 0.1) is 4.90 Å². The molecule has 0 saturated heterocycles. The van der Waals surface area contributed by atoms with Gasteiger partial charge in [-0.15, -0.1) is 0 Å². The number of sulfonamides is 1. The standard InChI is InChI=1S/C20H26N2O4S/c1-16(17-7-4-3-5-8-17)15-20(23)22-18-9-11-19(12-10-18)27(24,25)21-13-6-14-26-2/h3-5,7-12,16,21H,6,13-15H2,1-2H3,(H,22,23). The van der Waals surface area contributed by atoms with E-state index in [-0.39, 0.29) is 16.7 Å². The first kappa shape index (κ1) is 21.1. The molecule has 2 aromatic rings. The second-order valence-corrected chi connectivity index (χ2v) is 8.10. The Bertz CT molecular complexity index is 821. The summed E-state index contributed by atoms with van der Waals surface area (Å²) >= 11 is 0. The highest BCUT2D eigenvalue weighted by Crippen LogP contribution is 2.20. The van der Waals surface area contributed by atoms with Crippen LogP contribution in [0.5, 0.6) is 0 Å². The number of hydrogen-bond acceptors (Lipinski definition) is 4. The maximum atomic E-state index is 12.2. The van der Waals surface area contributed by atoms with E-state index in [1.54, 1.807) is 19.2 Å². The Morgan fingerprint density at radius 2 is 1.74 bits per heavy atom. The number of rotatable bonds is 10. The quantitative estimate of drug-likeness (QED) is 0.611. The Morgan fingerprint density at radius 3 is 2.37 bits per heavy atom.